The molecule has 0 aliphatic rings. The third-order valence-corrected chi connectivity index (χ3v) is 3.66. The van der Waals surface area contributed by atoms with E-state index in [1.807, 2.05) is 48.5 Å². The number of nitrogens with zero attached hydrogens (tertiary/aromatic N) is 1. The van der Waals surface area contributed by atoms with Gasteiger partial charge in [-0.05, 0) is 42.2 Å². The summed E-state index contributed by atoms with van der Waals surface area (Å²) in [7, 11) is 0. The summed E-state index contributed by atoms with van der Waals surface area (Å²) in [4.78, 5) is 0. The first-order valence-corrected chi connectivity index (χ1v) is 6.86. The summed E-state index contributed by atoms with van der Waals surface area (Å²) in [6.45, 7) is 1.74. The SMILES string of the molecule is CC(O)(CCC#N)c1ccc(-c2ccc(Cl)cc2)cc1. The Morgan fingerprint density at radius 1 is 1.05 bits per heavy atom. The summed E-state index contributed by atoms with van der Waals surface area (Å²) in [5.41, 5.74) is 2.01. The van der Waals surface area contributed by atoms with Gasteiger partial charge >= 0.3 is 0 Å². The Kier molecular flexibility index (Phi) is 4.44. The molecule has 2 aromatic carbocycles. The molecule has 3 heteroatoms. The van der Waals surface area contributed by atoms with E-state index in [1.54, 1.807) is 6.92 Å². The largest absolute Gasteiger partial charge is 0.385 e. The number of benzene rings is 2. The van der Waals surface area contributed by atoms with Crippen LogP contribution in [0.2, 0.25) is 5.02 Å². The van der Waals surface area contributed by atoms with Crippen molar-refractivity contribution in [2.45, 2.75) is 25.4 Å². The van der Waals surface area contributed by atoms with Gasteiger partial charge in [-0.25, -0.2) is 0 Å². The molecule has 1 unspecified atom stereocenters. The van der Waals surface area contributed by atoms with Crippen LogP contribution in [0.5, 0.6) is 0 Å². The molecule has 0 aromatic heterocycles. The minimum absolute atomic E-state index is 0.339. The fourth-order valence-corrected chi connectivity index (χ4v) is 2.23. The van der Waals surface area contributed by atoms with Gasteiger partial charge in [0.2, 0.25) is 0 Å². The van der Waals surface area contributed by atoms with Crippen molar-refractivity contribution in [1.82, 2.24) is 0 Å². The lowest BCUT2D eigenvalue weighted by atomic mass is 9.90. The van der Waals surface area contributed by atoms with Crippen LogP contribution in [0.15, 0.2) is 48.5 Å². The Morgan fingerprint density at radius 2 is 1.55 bits per heavy atom. The number of hydrogen-bond donors (Lipinski definition) is 1. The van der Waals surface area contributed by atoms with Gasteiger partial charge in [-0.2, -0.15) is 5.26 Å². The van der Waals surface area contributed by atoms with Gasteiger partial charge in [-0.3, -0.25) is 0 Å². The second-order valence-corrected chi connectivity index (χ2v) is 5.45. The number of rotatable bonds is 4. The maximum Gasteiger partial charge on any atom is 0.0878 e. The normalized spacial score (nSPS) is 13.5. The molecule has 0 aliphatic carbocycles. The van der Waals surface area contributed by atoms with Crippen molar-refractivity contribution in [3.63, 3.8) is 0 Å². The van der Waals surface area contributed by atoms with E-state index in [-0.39, 0.29) is 0 Å². The molecule has 0 aliphatic heterocycles. The van der Waals surface area contributed by atoms with Crippen LogP contribution in [0.3, 0.4) is 0 Å². The molecule has 1 atom stereocenters. The van der Waals surface area contributed by atoms with Crippen LogP contribution < -0.4 is 0 Å². The maximum absolute atomic E-state index is 10.3. The molecule has 0 saturated carbocycles. The Morgan fingerprint density at radius 3 is 2.05 bits per heavy atom. The highest BCUT2D eigenvalue weighted by atomic mass is 35.5. The molecule has 0 spiro atoms. The molecule has 2 nitrogen and oxygen atoms in total. The average Bonchev–Trinajstić information content (AvgIpc) is 2.46. The van der Waals surface area contributed by atoms with Gasteiger partial charge in [0, 0.05) is 11.4 Å². The Bertz CT molecular complexity index is 609. The zero-order chi connectivity index (χ0) is 14.6. The minimum atomic E-state index is -0.964. The summed E-state index contributed by atoms with van der Waals surface area (Å²) in [5.74, 6) is 0. The highest BCUT2D eigenvalue weighted by molar-refractivity contribution is 6.30. The van der Waals surface area contributed by atoms with Gasteiger partial charge < -0.3 is 5.11 Å². The fourth-order valence-electron chi connectivity index (χ4n) is 2.11. The molecule has 1 N–H and O–H groups in total. The molecular formula is C17H16ClNO. The lowest BCUT2D eigenvalue weighted by Crippen LogP contribution is -2.20. The summed E-state index contributed by atoms with van der Waals surface area (Å²) in [5, 5.41) is 19.7. The maximum atomic E-state index is 10.3. The van der Waals surface area contributed by atoms with Gasteiger partial charge in [0.05, 0.1) is 11.7 Å². The quantitative estimate of drug-likeness (QED) is 0.897. The lowest BCUT2D eigenvalue weighted by molar-refractivity contribution is 0.0492. The summed E-state index contributed by atoms with van der Waals surface area (Å²) in [6.07, 6.45) is 0.774. The van der Waals surface area contributed by atoms with Crippen molar-refractivity contribution in [3.8, 4) is 17.2 Å². The number of aliphatic hydroxyl groups is 1. The average molecular weight is 286 g/mol. The van der Waals surface area contributed by atoms with E-state index in [4.69, 9.17) is 16.9 Å². The Labute approximate surface area is 124 Å². The molecule has 0 saturated heterocycles. The van der Waals surface area contributed by atoms with Crippen LogP contribution in [0.1, 0.15) is 25.3 Å². The van der Waals surface area contributed by atoms with Crippen LogP contribution in [0, 0.1) is 11.3 Å². The van der Waals surface area contributed by atoms with E-state index in [9.17, 15) is 5.11 Å². The van der Waals surface area contributed by atoms with Gasteiger partial charge in [0.25, 0.3) is 0 Å². The molecule has 2 aromatic rings. The third kappa shape index (κ3) is 3.39. The van der Waals surface area contributed by atoms with E-state index >= 15 is 0 Å². The summed E-state index contributed by atoms with van der Waals surface area (Å²) in [6, 6.07) is 17.5. The Balaban J connectivity index is 2.22. The first kappa shape index (κ1) is 14.6. The lowest BCUT2D eigenvalue weighted by Gasteiger charge is -2.22. The van der Waals surface area contributed by atoms with E-state index in [1.165, 1.54) is 0 Å². The van der Waals surface area contributed by atoms with Gasteiger partial charge in [0.1, 0.15) is 0 Å². The van der Waals surface area contributed by atoms with Crippen molar-refractivity contribution in [3.05, 3.63) is 59.1 Å². The topological polar surface area (TPSA) is 44.0 Å². The molecule has 102 valence electrons. The smallest absolute Gasteiger partial charge is 0.0878 e. The van der Waals surface area contributed by atoms with E-state index in [2.05, 4.69) is 6.07 Å². The molecule has 0 fully saturated rings. The molecule has 0 heterocycles. The molecule has 0 bridgehead atoms. The monoisotopic (exact) mass is 285 g/mol. The molecule has 0 amide bonds. The number of halogens is 1. The van der Waals surface area contributed by atoms with Crippen molar-refractivity contribution in [1.29, 1.82) is 5.26 Å². The minimum Gasteiger partial charge on any atom is -0.385 e. The zero-order valence-corrected chi connectivity index (χ0v) is 12.1. The molecule has 2 rings (SSSR count). The molecule has 0 radical (unpaired) electrons. The second kappa shape index (κ2) is 6.09. The highest BCUT2D eigenvalue weighted by Gasteiger charge is 2.22. The van der Waals surface area contributed by atoms with Crippen molar-refractivity contribution in [2.24, 2.45) is 0 Å². The summed E-state index contributed by atoms with van der Waals surface area (Å²) >= 11 is 5.87. The van der Waals surface area contributed by atoms with Crippen LogP contribution in [-0.4, -0.2) is 5.11 Å². The predicted molar refractivity (Wildman–Crippen MR) is 81.3 cm³/mol. The van der Waals surface area contributed by atoms with Gasteiger partial charge in [-0.15, -0.1) is 0 Å². The van der Waals surface area contributed by atoms with E-state index in [0.29, 0.717) is 17.9 Å². The van der Waals surface area contributed by atoms with E-state index < -0.39 is 5.60 Å². The number of nitriles is 1. The van der Waals surface area contributed by atoms with Crippen molar-refractivity contribution in [2.75, 3.05) is 0 Å². The molecule has 20 heavy (non-hydrogen) atoms. The van der Waals surface area contributed by atoms with Gasteiger partial charge in [0.15, 0.2) is 0 Å². The van der Waals surface area contributed by atoms with Crippen LogP contribution in [0.25, 0.3) is 11.1 Å². The zero-order valence-electron chi connectivity index (χ0n) is 11.3. The summed E-state index contributed by atoms with van der Waals surface area (Å²) < 4.78 is 0. The highest BCUT2D eigenvalue weighted by Crippen LogP contribution is 2.28. The van der Waals surface area contributed by atoms with Crippen LogP contribution in [0.4, 0.5) is 0 Å². The first-order chi connectivity index (χ1) is 9.53. The van der Waals surface area contributed by atoms with Crippen molar-refractivity contribution >= 4 is 11.6 Å². The fraction of sp³-hybridized carbons (Fsp3) is 0.235. The molecular weight excluding hydrogens is 270 g/mol. The van der Waals surface area contributed by atoms with Crippen molar-refractivity contribution < 1.29 is 5.11 Å². The second-order valence-electron chi connectivity index (χ2n) is 5.02. The van der Waals surface area contributed by atoms with Crippen LogP contribution in [-0.2, 0) is 5.60 Å². The number of hydrogen-bond acceptors (Lipinski definition) is 2. The third-order valence-electron chi connectivity index (χ3n) is 3.41. The van der Waals surface area contributed by atoms with Crippen LogP contribution >= 0.6 is 11.6 Å². The Hall–Kier alpha value is -1.82. The first-order valence-electron chi connectivity index (χ1n) is 6.49. The standard InChI is InChI=1S/C17H16ClNO/c1-17(20,11-2-12-19)15-7-3-13(4-8-15)14-5-9-16(18)10-6-14/h3-10,20H,2,11H2,1H3. The van der Waals surface area contributed by atoms with E-state index in [0.717, 1.165) is 16.7 Å². The van der Waals surface area contributed by atoms with Gasteiger partial charge in [-0.1, -0.05) is 48.0 Å². The predicted octanol–water partition coefficient (Wildman–Crippen LogP) is 4.52.